The van der Waals surface area contributed by atoms with Crippen LogP contribution in [0.4, 0.5) is 0 Å². The Morgan fingerprint density at radius 1 is 1.50 bits per heavy atom. The number of nitrogens with one attached hydrogen (secondary N) is 1. The number of piperidine rings is 1. The monoisotopic (exact) mass is 220 g/mol. The van der Waals surface area contributed by atoms with Gasteiger partial charge in [-0.1, -0.05) is 13.3 Å². The molecule has 2 heterocycles. The average molecular weight is 220 g/mol. The maximum atomic E-state index is 11.2. The first-order valence-corrected chi connectivity index (χ1v) is 6.21. The number of aromatic nitrogens is 1. The fourth-order valence-electron chi connectivity index (χ4n) is 2.55. The van der Waals surface area contributed by atoms with Crippen LogP contribution >= 0.6 is 0 Å². The first-order chi connectivity index (χ1) is 7.79. The quantitative estimate of drug-likeness (QED) is 0.847. The van der Waals surface area contributed by atoms with Crippen LogP contribution in [0.3, 0.4) is 0 Å². The van der Waals surface area contributed by atoms with Crippen molar-refractivity contribution >= 4 is 0 Å². The van der Waals surface area contributed by atoms with Gasteiger partial charge in [-0.05, 0) is 37.4 Å². The molecule has 1 N–H and O–H groups in total. The van der Waals surface area contributed by atoms with Gasteiger partial charge >= 0.3 is 0 Å². The van der Waals surface area contributed by atoms with Gasteiger partial charge in [-0.3, -0.25) is 9.69 Å². The van der Waals surface area contributed by atoms with Crippen molar-refractivity contribution in [1.29, 1.82) is 0 Å². The van der Waals surface area contributed by atoms with Gasteiger partial charge in [-0.15, -0.1) is 0 Å². The van der Waals surface area contributed by atoms with E-state index in [4.69, 9.17) is 0 Å². The Bertz CT molecular complexity index is 386. The highest BCUT2D eigenvalue weighted by molar-refractivity contribution is 5.10. The van der Waals surface area contributed by atoms with E-state index in [2.05, 4.69) is 16.8 Å². The third-order valence-electron chi connectivity index (χ3n) is 3.45. The van der Waals surface area contributed by atoms with E-state index in [1.807, 2.05) is 6.07 Å². The van der Waals surface area contributed by atoms with Crippen LogP contribution in [-0.2, 0) is 6.54 Å². The van der Waals surface area contributed by atoms with Crippen molar-refractivity contribution in [2.24, 2.45) is 0 Å². The molecular formula is C13H20N2O. The Hall–Kier alpha value is -1.09. The van der Waals surface area contributed by atoms with Gasteiger partial charge in [0.1, 0.15) is 0 Å². The molecule has 0 unspecified atom stereocenters. The molecule has 1 aliphatic heterocycles. The molecule has 0 saturated carbocycles. The van der Waals surface area contributed by atoms with E-state index in [0.29, 0.717) is 6.04 Å². The minimum absolute atomic E-state index is 0.00237. The number of rotatable bonds is 3. The molecule has 0 aromatic carbocycles. The lowest BCUT2D eigenvalue weighted by Crippen LogP contribution is -2.38. The molecule has 3 nitrogen and oxygen atoms in total. The predicted molar refractivity (Wildman–Crippen MR) is 65.4 cm³/mol. The van der Waals surface area contributed by atoms with Crippen molar-refractivity contribution in [3.8, 4) is 0 Å². The summed E-state index contributed by atoms with van der Waals surface area (Å²) in [4.78, 5) is 16.4. The topological polar surface area (TPSA) is 36.1 Å². The third kappa shape index (κ3) is 2.73. The second-order valence-corrected chi connectivity index (χ2v) is 4.59. The minimum Gasteiger partial charge on any atom is -0.329 e. The van der Waals surface area contributed by atoms with E-state index in [-0.39, 0.29) is 5.56 Å². The SMILES string of the molecule is CC[C@@H]1CCCCN1Cc1cc[nH]c(=O)c1. The fraction of sp³-hybridized carbons (Fsp3) is 0.615. The molecule has 1 atom stereocenters. The number of hydrogen-bond donors (Lipinski definition) is 1. The van der Waals surface area contributed by atoms with Gasteiger partial charge in [0, 0.05) is 24.8 Å². The fourth-order valence-corrected chi connectivity index (χ4v) is 2.55. The summed E-state index contributed by atoms with van der Waals surface area (Å²) < 4.78 is 0. The van der Waals surface area contributed by atoms with Crippen molar-refractivity contribution in [3.05, 3.63) is 34.2 Å². The van der Waals surface area contributed by atoms with E-state index in [1.54, 1.807) is 12.3 Å². The van der Waals surface area contributed by atoms with Gasteiger partial charge in [0.15, 0.2) is 0 Å². The largest absolute Gasteiger partial charge is 0.329 e. The molecule has 1 fully saturated rings. The molecule has 88 valence electrons. The molecule has 0 radical (unpaired) electrons. The highest BCUT2D eigenvalue weighted by Gasteiger charge is 2.20. The third-order valence-corrected chi connectivity index (χ3v) is 3.45. The van der Waals surface area contributed by atoms with Gasteiger partial charge < -0.3 is 4.98 Å². The Labute approximate surface area is 96.5 Å². The minimum atomic E-state index is 0.00237. The molecule has 3 heteroatoms. The maximum absolute atomic E-state index is 11.2. The van der Waals surface area contributed by atoms with Crippen LogP contribution in [0.2, 0.25) is 0 Å². The second-order valence-electron chi connectivity index (χ2n) is 4.59. The number of pyridine rings is 1. The van der Waals surface area contributed by atoms with E-state index in [1.165, 1.54) is 32.2 Å². The summed E-state index contributed by atoms with van der Waals surface area (Å²) in [6.45, 7) is 4.34. The lowest BCUT2D eigenvalue weighted by atomic mass is 9.99. The van der Waals surface area contributed by atoms with Crippen LogP contribution in [0, 0.1) is 0 Å². The zero-order chi connectivity index (χ0) is 11.4. The Balaban J connectivity index is 2.05. The van der Waals surface area contributed by atoms with Crippen molar-refractivity contribution in [2.75, 3.05) is 6.54 Å². The van der Waals surface area contributed by atoms with Gasteiger partial charge in [0.2, 0.25) is 5.56 Å². The smallest absolute Gasteiger partial charge is 0.248 e. The number of likely N-dealkylation sites (tertiary alicyclic amines) is 1. The van der Waals surface area contributed by atoms with E-state index < -0.39 is 0 Å². The lowest BCUT2D eigenvalue weighted by Gasteiger charge is -2.35. The Morgan fingerprint density at radius 3 is 3.12 bits per heavy atom. The number of nitrogens with zero attached hydrogens (tertiary/aromatic N) is 1. The second kappa shape index (κ2) is 5.30. The summed E-state index contributed by atoms with van der Waals surface area (Å²) in [6, 6.07) is 4.41. The van der Waals surface area contributed by atoms with Gasteiger partial charge in [0.05, 0.1) is 0 Å². The first-order valence-electron chi connectivity index (χ1n) is 6.21. The zero-order valence-electron chi connectivity index (χ0n) is 9.91. The van der Waals surface area contributed by atoms with Crippen molar-refractivity contribution < 1.29 is 0 Å². The first kappa shape index (κ1) is 11.4. The summed E-state index contributed by atoms with van der Waals surface area (Å²) >= 11 is 0. The standard InChI is InChI=1S/C13H20N2O/c1-2-12-5-3-4-8-15(12)10-11-6-7-14-13(16)9-11/h6-7,9,12H,2-5,8,10H2,1H3,(H,14,16)/t12-/m1/s1. The molecule has 0 spiro atoms. The molecule has 1 aromatic heterocycles. The summed E-state index contributed by atoms with van der Waals surface area (Å²) in [5.41, 5.74) is 1.13. The molecule has 1 aliphatic rings. The van der Waals surface area contributed by atoms with Crippen LogP contribution in [-0.4, -0.2) is 22.5 Å². The molecule has 0 aliphatic carbocycles. The molecular weight excluding hydrogens is 200 g/mol. The van der Waals surface area contributed by atoms with Crippen molar-refractivity contribution in [1.82, 2.24) is 9.88 Å². The number of hydrogen-bond acceptors (Lipinski definition) is 2. The highest BCUT2D eigenvalue weighted by Crippen LogP contribution is 2.21. The van der Waals surface area contributed by atoms with Crippen LogP contribution in [0.25, 0.3) is 0 Å². The average Bonchev–Trinajstić information content (AvgIpc) is 2.30. The van der Waals surface area contributed by atoms with Crippen LogP contribution in [0.1, 0.15) is 38.2 Å². The van der Waals surface area contributed by atoms with Gasteiger partial charge in [0.25, 0.3) is 0 Å². The normalized spacial score (nSPS) is 22.2. The van der Waals surface area contributed by atoms with E-state index >= 15 is 0 Å². The highest BCUT2D eigenvalue weighted by atomic mass is 16.1. The summed E-state index contributed by atoms with van der Waals surface area (Å²) in [7, 11) is 0. The molecule has 2 rings (SSSR count). The molecule has 0 amide bonds. The number of H-pyrrole nitrogens is 1. The lowest BCUT2D eigenvalue weighted by molar-refractivity contribution is 0.136. The van der Waals surface area contributed by atoms with Crippen molar-refractivity contribution in [3.63, 3.8) is 0 Å². The molecule has 1 saturated heterocycles. The van der Waals surface area contributed by atoms with E-state index in [9.17, 15) is 4.79 Å². The molecule has 0 bridgehead atoms. The summed E-state index contributed by atoms with van der Waals surface area (Å²) in [5, 5.41) is 0. The Kier molecular flexibility index (Phi) is 3.78. The summed E-state index contributed by atoms with van der Waals surface area (Å²) in [5.74, 6) is 0. The van der Waals surface area contributed by atoms with Crippen LogP contribution < -0.4 is 5.56 Å². The molecule has 1 aromatic rings. The van der Waals surface area contributed by atoms with Crippen LogP contribution in [0.5, 0.6) is 0 Å². The predicted octanol–water partition coefficient (Wildman–Crippen LogP) is 2.14. The zero-order valence-corrected chi connectivity index (χ0v) is 9.91. The summed E-state index contributed by atoms with van der Waals surface area (Å²) in [6.07, 6.45) is 6.90. The van der Waals surface area contributed by atoms with E-state index in [0.717, 1.165) is 12.1 Å². The molecule has 16 heavy (non-hydrogen) atoms. The Morgan fingerprint density at radius 2 is 2.38 bits per heavy atom. The van der Waals surface area contributed by atoms with Crippen LogP contribution in [0.15, 0.2) is 23.1 Å². The number of aromatic amines is 1. The van der Waals surface area contributed by atoms with Crippen molar-refractivity contribution in [2.45, 2.75) is 45.2 Å². The van der Waals surface area contributed by atoms with Gasteiger partial charge in [-0.25, -0.2) is 0 Å². The maximum Gasteiger partial charge on any atom is 0.248 e. The van der Waals surface area contributed by atoms with Gasteiger partial charge in [-0.2, -0.15) is 0 Å².